The Morgan fingerprint density at radius 3 is 2.53 bits per heavy atom. The molecule has 3 aromatic rings. The van der Waals surface area contributed by atoms with Crippen molar-refractivity contribution in [2.45, 2.75) is 36.2 Å². The lowest BCUT2D eigenvalue weighted by molar-refractivity contribution is -0.131. The molecule has 1 aliphatic rings. The molecule has 2 heterocycles. The van der Waals surface area contributed by atoms with Crippen molar-refractivity contribution in [2.24, 2.45) is 0 Å². The van der Waals surface area contributed by atoms with Gasteiger partial charge in [0.25, 0.3) is 0 Å². The maximum atomic E-state index is 13.6. The standard InChI is InChI=1S/C25H28N4O2S/c1-3-16-29-23(20-14-8-9-15-21(20)31-2)26-27-25(29)32-22(19-12-6-4-7-13-19)24(30)28-17-10-5-11-18-28/h3-4,6-9,12-15,22H,1,5,10-11,16-18H2,2H3/t22-/m0/s1. The van der Waals surface area contributed by atoms with Crippen LogP contribution in [0.3, 0.4) is 0 Å². The Morgan fingerprint density at radius 2 is 1.81 bits per heavy atom. The van der Waals surface area contributed by atoms with E-state index in [1.165, 1.54) is 18.2 Å². The lowest BCUT2D eigenvalue weighted by Crippen LogP contribution is -2.38. The molecule has 0 aliphatic carbocycles. The monoisotopic (exact) mass is 448 g/mol. The van der Waals surface area contributed by atoms with E-state index in [1.54, 1.807) is 7.11 Å². The average Bonchev–Trinajstić information content (AvgIpc) is 3.25. The van der Waals surface area contributed by atoms with Gasteiger partial charge in [0, 0.05) is 19.6 Å². The van der Waals surface area contributed by atoms with Crippen LogP contribution in [0.5, 0.6) is 5.75 Å². The molecule has 1 saturated heterocycles. The summed E-state index contributed by atoms with van der Waals surface area (Å²) in [7, 11) is 1.64. The minimum Gasteiger partial charge on any atom is -0.496 e. The average molecular weight is 449 g/mol. The van der Waals surface area contributed by atoms with E-state index in [0.717, 1.165) is 42.8 Å². The molecule has 32 heavy (non-hydrogen) atoms. The first-order valence-corrected chi connectivity index (χ1v) is 11.8. The molecule has 0 saturated carbocycles. The maximum Gasteiger partial charge on any atom is 0.240 e. The predicted octanol–water partition coefficient (Wildman–Crippen LogP) is 4.99. The highest BCUT2D eigenvalue weighted by Gasteiger charge is 2.30. The van der Waals surface area contributed by atoms with Crippen molar-refractivity contribution < 1.29 is 9.53 Å². The molecule has 6 nitrogen and oxygen atoms in total. The predicted molar refractivity (Wildman–Crippen MR) is 128 cm³/mol. The summed E-state index contributed by atoms with van der Waals surface area (Å²) in [6, 6.07) is 17.7. The van der Waals surface area contributed by atoms with E-state index >= 15 is 0 Å². The normalized spacial score (nSPS) is 14.7. The second-order valence-corrected chi connectivity index (χ2v) is 8.77. The minimum absolute atomic E-state index is 0.132. The van der Waals surface area contributed by atoms with Crippen molar-refractivity contribution in [3.8, 4) is 17.1 Å². The van der Waals surface area contributed by atoms with Gasteiger partial charge in [-0.25, -0.2) is 0 Å². The van der Waals surface area contributed by atoms with Crippen LogP contribution < -0.4 is 4.74 Å². The van der Waals surface area contributed by atoms with Gasteiger partial charge in [0.05, 0.1) is 12.7 Å². The zero-order chi connectivity index (χ0) is 22.3. The molecule has 4 rings (SSSR count). The third-order valence-corrected chi connectivity index (χ3v) is 6.82. The van der Waals surface area contributed by atoms with Crippen molar-refractivity contribution in [3.63, 3.8) is 0 Å². The third-order valence-electron chi connectivity index (χ3n) is 5.59. The molecule has 1 amide bonds. The van der Waals surface area contributed by atoms with E-state index < -0.39 is 0 Å². The van der Waals surface area contributed by atoms with Gasteiger partial charge in [-0.3, -0.25) is 9.36 Å². The van der Waals surface area contributed by atoms with Gasteiger partial charge in [0.2, 0.25) is 5.91 Å². The van der Waals surface area contributed by atoms with Gasteiger partial charge in [-0.2, -0.15) is 0 Å². The number of nitrogens with zero attached hydrogens (tertiary/aromatic N) is 4. The zero-order valence-electron chi connectivity index (χ0n) is 18.3. The highest BCUT2D eigenvalue weighted by molar-refractivity contribution is 8.00. The summed E-state index contributed by atoms with van der Waals surface area (Å²) < 4.78 is 7.53. The number of methoxy groups -OCH3 is 1. The van der Waals surface area contributed by atoms with Crippen molar-refractivity contribution >= 4 is 17.7 Å². The van der Waals surface area contributed by atoms with E-state index in [-0.39, 0.29) is 11.2 Å². The van der Waals surface area contributed by atoms with Gasteiger partial charge in [0.1, 0.15) is 11.0 Å². The largest absolute Gasteiger partial charge is 0.496 e. The van der Waals surface area contributed by atoms with Crippen LogP contribution in [0.2, 0.25) is 0 Å². The number of hydrogen-bond donors (Lipinski definition) is 0. The zero-order valence-corrected chi connectivity index (χ0v) is 19.1. The van der Waals surface area contributed by atoms with Gasteiger partial charge in [-0.05, 0) is 37.0 Å². The van der Waals surface area contributed by atoms with E-state index in [0.29, 0.717) is 17.5 Å². The lowest BCUT2D eigenvalue weighted by Gasteiger charge is -2.30. The summed E-state index contributed by atoms with van der Waals surface area (Å²) in [4.78, 5) is 15.5. The molecule has 1 aliphatic heterocycles. The lowest BCUT2D eigenvalue weighted by atomic mass is 10.1. The second kappa shape index (κ2) is 10.5. The fraction of sp³-hybridized carbons (Fsp3) is 0.320. The molecule has 0 radical (unpaired) electrons. The summed E-state index contributed by atoms with van der Waals surface area (Å²) in [5, 5.41) is 9.26. The highest BCUT2D eigenvalue weighted by atomic mass is 32.2. The fourth-order valence-electron chi connectivity index (χ4n) is 3.97. The van der Waals surface area contributed by atoms with Crippen LogP contribution in [0, 0.1) is 0 Å². The molecule has 0 unspecified atom stereocenters. The van der Waals surface area contributed by atoms with Crippen LogP contribution >= 0.6 is 11.8 Å². The van der Waals surface area contributed by atoms with Gasteiger partial charge in [-0.1, -0.05) is 60.3 Å². The summed E-state index contributed by atoms with van der Waals surface area (Å²) in [5.41, 5.74) is 1.83. The Balaban J connectivity index is 1.71. The minimum atomic E-state index is -0.382. The molecule has 0 N–H and O–H groups in total. The summed E-state index contributed by atoms with van der Waals surface area (Å²) in [6.45, 7) is 6.07. The number of piperidine rings is 1. The maximum absolute atomic E-state index is 13.6. The van der Waals surface area contributed by atoms with Gasteiger partial charge < -0.3 is 9.64 Å². The summed E-state index contributed by atoms with van der Waals surface area (Å²) in [5.74, 6) is 1.56. The number of aromatic nitrogens is 3. The topological polar surface area (TPSA) is 60.2 Å². The van der Waals surface area contributed by atoms with Crippen molar-refractivity contribution in [2.75, 3.05) is 20.2 Å². The number of carbonyl (C=O) groups is 1. The number of hydrogen-bond acceptors (Lipinski definition) is 5. The molecular weight excluding hydrogens is 420 g/mol. The van der Waals surface area contributed by atoms with Crippen LogP contribution in [0.15, 0.2) is 72.4 Å². The van der Waals surface area contributed by atoms with Gasteiger partial charge in [0.15, 0.2) is 11.0 Å². The number of carbonyl (C=O) groups excluding carboxylic acids is 1. The smallest absolute Gasteiger partial charge is 0.240 e. The number of rotatable bonds is 8. The SMILES string of the molecule is C=CCn1c(S[C@H](C(=O)N2CCCCC2)c2ccccc2)nnc1-c1ccccc1OC. The molecule has 1 aromatic heterocycles. The van der Waals surface area contributed by atoms with Crippen LogP contribution in [-0.2, 0) is 11.3 Å². The Morgan fingerprint density at radius 1 is 1.09 bits per heavy atom. The van der Waals surface area contributed by atoms with Crippen molar-refractivity contribution in [1.82, 2.24) is 19.7 Å². The van der Waals surface area contributed by atoms with E-state index in [4.69, 9.17) is 4.74 Å². The number of ether oxygens (including phenoxy) is 1. The summed E-state index contributed by atoms with van der Waals surface area (Å²) in [6.07, 6.45) is 5.12. The summed E-state index contributed by atoms with van der Waals surface area (Å²) >= 11 is 1.45. The van der Waals surface area contributed by atoms with Gasteiger partial charge in [-0.15, -0.1) is 16.8 Å². The molecule has 1 fully saturated rings. The van der Waals surface area contributed by atoms with Crippen LogP contribution in [-0.4, -0.2) is 45.8 Å². The second-order valence-electron chi connectivity index (χ2n) is 7.70. The van der Waals surface area contributed by atoms with E-state index in [1.807, 2.05) is 70.1 Å². The first-order chi connectivity index (χ1) is 15.7. The number of amides is 1. The Labute approximate surface area is 193 Å². The first-order valence-electron chi connectivity index (χ1n) is 10.9. The van der Waals surface area contributed by atoms with Crippen LogP contribution in [0.4, 0.5) is 0 Å². The van der Waals surface area contributed by atoms with Crippen molar-refractivity contribution in [1.29, 1.82) is 0 Å². The highest BCUT2D eigenvalue weighted by Crippen LogP contribution is 2.39. The van der Waals surface area contributed by atoms with Crippen molar-refractivity contribution in [3.05, 3.63) is 72.8 Å². The Bertz CT molecular complexity index is 1060. The Kier molecular flexibility index (Phi) is 7.27. The Hall–Kier alpha value is -3.06. The number of benzene rings is 2. The fourth-order valence-corrected chi connectivity index (χ4v) is 5.10. The molecule has 166 valence electrons. The quantitative estimate of drug-likeness (QED) is 0.359. The van der Waals surface area contributed by atoms with E-state index in [9.17, 15) is 4.79 Å². The molecule has 1 atom stereocenters. The third kappa shape index (κ3) is 4.72. The molecule has 0 bridgehead atoms. The molecule has 0 spiro atoms. The van der Waals surface area contributed by atoms with Crippen LogP contribution in [0.1, 0.15) is 30.1 Å². The molecule has 7 heteroatoms. The number of para-hydroxylation sites is 1. The molecular formula is C25H28N4O2S. The number of likely N-dealkylation sites (tertiary alicyclic amines) is 1. The van der Waals surface area contributed by atoms with E-state index in [2.05, 4.69) is 16.8 Å². The first kappa shape index (κ1) is 22.1. The van der Waals surface area contributed by atoms with Crippen LogP contribution in [0.25, 0.3) is 11.4 Å². The molecule has 2 aromatic carbocycles. The van der Waals surface area contributed by atoms with Gasteiger partial charge >= 0.3 is 0 Å². The number of thioether (sulfide) groups is 1. The number of allylic oxidation sites excluding steroid dienone is 1.